The van der Waals surface area contributed by atoms with Crippen LogP contribution in [0.3, 0.4) is 0 Å². The van der Waals surface area contributed by atoms with E-state index >= 15 is 0 Å². The van der Waals surface area contributed by atoms with Gasteiger partial charge >= 0.3 is 0 Å². The van der Waals surface area contributed by atoms with Crippen molar-refractivity contribution in [2.45, 2.75) is 46.9 Å². The number of rotatable bonds is 6. The van der Waals surface area contributed by atoms with Gasteiger partial charge in [-0.3, -0.25) is 0 Å². The largest absolute Gasteiger partial charge is 0.485 e. The Hall–Kier alpha value is -1.74. The van der Waals surface area contributed by atoms with Crippen LogP contribution in [0, 0.1) is 13.8 Å². The van der Waals surface area contributed by atoms with Gasteiger partial charge in [0.15, 0.2) is 0 Å². The quantitative estimate of drug-likeness (QED) is 0.864. The second kappa shape index (κ2) is 6.62. The Balaban J connectivity index is 1.98. The van der Waals surface area contributed by atoms with Crippen molar-refractivity contribution in [3.63, 3.8) is 0 Å². The fourth-order valence-corrected chi connectivity index (χ4v) is 2.07. The first-order valence-corrected chi connectivity index (χ1v) is 7.05. The Kier molecular flexibility index (Phi) is 4.85. The van der Waals surface area contributed by atoms with Crippen LogP contribution in [-0.2, 0) is 13.2 Å². The highest BCUT2D eigenvalue weighted by Crippen LogP contribution is 2.21. The predicted molar refractivity (Wildman–Crippen MR) is 80.9 cm³/mol. The predicted octanol–water partition coefficient (Wildman–Crippen LogP) is 3.97. The maximum Gasteiger partial charge on any atom is 0.146 e. The molecule has 0 atom stereocenters. The minimum Gasteiger partial charge on any atom is -0.485 e. The van der Waals surface area contributed by atoms with Crippen LogP contribution in [-0.4, -0.2) is 6.04 Å². The first-order valence-electron chi connectivity index (χ1n) is 7.05. The van der Waals surface area contributed by atoms with E-state index in [0.717, 1.165) is 29.2 Å². The number of hydrogen-bond acceptors (Lipinski definition) is 3. The lowest BCUT2D eigenvalue weighted by Gasteiger charge is -2.11. The van der Waals surface area contributed by atoms with Crippen molar-refractivity contribution in [3.05, 3.63) is 53.0 Å². The molecule has 0 saturated heterocycles. The monoisotopic (exact) mass is 273 g/mol. The molecule has 0 saturated carbocycles. The molecule has 3 nitrogen and oxygen atoms in total. The molecule has 0 fully saturated rings. The van der Waals surface area contributed by atoms with E-state index in [1.807, 2.05) is 12.1 Å². The fraction of sp³-hybridized carbons (Fsp3) is 0.412. The van der Waals surface area contributed by atoms with Crippen molar-refractivity contribution >= 4 is 0 Å². The average Bonchev–Trinajstić information content (AvgIpc) is 2.83. The maximum absolute atomic E-state index is 5.86. The Morgan fingerprint density at radius 3 is 2.70 bits per heavy atom. The topological polar surface area (TPSA) is 34.4 Å². The van der Waals surface area contributed by atoms with Gasteiger partial charge in [0.2, 0.25) is 0 Å². The van der Waals surface area contributed by atoms with Gasteiger partial charge in [-0.1, -0.05) is 31.5 Å². The van der Waals surface area contributed by atoms with Crippen LogP contribution in [0.2, 0.25) is 0 Å². The summed E-state index contributed by atoms with van der Waals surface area (Å²) in [6.07, 6.45) is 1.72. The zero-order chi connectivity index (χ0) is 14.5. The molecule has 2 rings (SSSR count). The summed E-state index contributed by atoms with van der Waals surface area (Å²) in [6.45, 7) is 9.67. The van der Waals surface area contributed by atoms with Gasteiger partial charge in [-0.05, 0) is 31.5 Å². The molecule has 20 heavy (non-hydrogen) atoms. The van der Waals surface area contributed by atoms with Crippen LogP contribution in [0.5, 0.6) is 5.75 Å². The van der Waals surface area contributed by atoms with Crippen LogP contribution >= 0.6 is 0 Å². The zero-order valence-corrected chi connectivity index (χ0v) is 12.7. The first-order chi connectivity index (χ1) is 9.56. The summed E-state index contributed by atoms with van der Waals surface area (Å²) in [5.74, 6) is 1.80. The Morgan fingerprint density at radius 2 is 2.00 bits per heavy atom. The number of aryl methyl sites for hydroxylation is 2. The van der Waals surface area contributed by atoms with Gasteiger partial charge in [0, 0.05) is 18.2 Å². The normalized spacial score (nSPS) is 11.1. The second-order valence-corrected chi connectivity index (χ2v) is 5.46. The van der Waals surface area contributed by atoms with Gasteiger partial charge in [-0.15, -0.1) is 0 Å². The van der Waals surface area contributed by atoms with Crippen molar-refractivity contribution in [3.8, 4) is 5.75 Å². The molecule has 108 valence electrons. The summed E-state index contributed by atoms with van der Waals surface area (Å²) in [4.78, 5) is 0. The van der Waals surface area contributed by atoms with E-state index in [0.29, 0.717) is 12.6 Å². The van der Waals surface area contributed by atoms with E-state index in [-0.39, 0.29) is 0 Å². The lowest BCUT2D eigenvalue weighted by Crippen LogP contribution is -2.22. The molecule has 2 aromatic rings. The summed E-state index contributed by atoms with van der Waals surface area (Å²) >= 11 is 0. The van der Waals surface area contributed by atoms with E-state index in [4.69, 9.17) is 9.15 Å². The van der Waals surface area contributed by atoms with Crippen molar-refractivity contribution in [1.82, 2.24) is 5.32 Å². The first kappa shape index (κ1) is 14.7. The SMILES string of the molecule is Cc1ccc(OCc2occc2CNC(C)C)c(C)c1. The third-order valence-electron chi connectivity index (χ3n) is 3.23. The molecule has 0 spiro atoms. The minimum atomic E-state index is 0.456. The van der Waals surface area contributed by atoms with Crippen molar-refractivity contribution < 1.29 is 9.15 Å². The highest BCUT2D eigenvalue weighted by molar-refractivity contribution is 5.35. The molecule has 1 aromatic carbocycles. The third kappa shape index (κ3) is 3.87. The van der Waals surface area contributed by atoms with E-state index in [2.05, 4.69) is 45.1 Å². The van der Waals surface area contributed by atoms with E-state index in [1.54, 1.807) is 6.26 Å². The molecular weight excluding hydrogens is 250 g/mol. The minimum absolute atomic E-state index is 0.456. The molecule has 0 unspecified atom stereocenters. The summed E-state index contributed by atoms with van der Waals surface area (Å²) in [5.41, 5.74) is 3.55. The number of furan rings is 1. The van der Waals surface area contributed by atoms with Crippen LogP contribution in [0.15, 0.2) is 34.9 Å². The summed E-state index contributed by atoms with van der Waals surface area (Å²) in [5, 5.41) is 3.39. The molecule has 1 heterocycles. The molecule has 3 heteroatoms. The molecule has 0 aliphatic heterocycles. The van der Waals surface area contributed by atoms with Crippen LogP contribution in [0.25, 0.3) is 0 Å². The van der Waals surface area contributed by atoms with Gasteiger partial charge < -0.3 is 14.5 Å². The van der Waals surface area contributed by atoms with Gasteiger partial charge in [-0.25, -0.2) is 0 Å². The number of benzene rings is 1. The Morgan fingerprint density at radius 1 is 1.20 bits per heavy atom. The molecular formula is C17H23NO2. The van der Waals surface area contributed by atoms with E-state index < -0.39 is 0 Å². The average molecular weight is 273 g/mol. The van der Waals surface area contributed by atoms with Crippen LogP contribution < -0.4 is 10.1 Å². The highest BCUT2D eigenvalue weighted by Gasteiger charge is 2.08. The maximum atomic E-state index is 5.86. The van der Waals surface area contributed by atoms with Gasteiger partial charge in [0.1, 0.15) is 18.1 Å². The summed E-state index contributed by atoms with van der Waals surface area (Å²) in [7, 11) is 0. The highest BCUT2D eigenvalue weighted by atomic mass is 16.5. The van der Waals surface area contributed by atoms with Crippen molar-refractivity contribution in [2.75, 3.05) is 0 Å². The fourth-order valence-electron chi connectivity index (χ4n) is 2.07. The van der Waals surface area contributed by atoms with E-state index in [1.165, 1.54) is 5.56 Å². The number of ether oxygens (including phenoxy) is 1. The molecule has 0 amide bonds. The molecule has 0 aliphatic rings. The lowest BCUT2D eigenvalue weighted by atomic mass is 10.1. The van der Waals surface area contributed by atoms with Crippen molar-refractivity contribution in [2.24, 2.45) is 0 Å². The molecule has 0 bridgehead atoms. The van der Waals surface area contributed by atoms with Crippen molar-refractivity contribution in [1.29, 1.82) is 0 Å². The molecule has 1 N–H and O–H groups in total. The number of nitrogens with one attached hydrogen (secondary N) is 1. The van der Waals surface area contributed by atoms with E-state index in [9.17, 15) is 0 Å². The molecule has 1 aromatic heterocycles. The van der Waals surface area contributed by atoms with Gasteiger partial charge in [-0.2, -0.15) is 0 Å². The summed E-state index contributed by atoms with van der Waals surface area (Å²) < 4.78 is 11.4. The summed E-state index contributed by atoms with van der Waals surface area (Å²) in [6, 6.07) is 8.65. The Labute approximate surface area is 121 Å². The lowest BCUT2D eigenvalue weighted by molar-refractivity contribution is 0.266. The van der Waals surface area contributed by atoms with Crippen LogP contribution in [0.4, 0.5) is 0 Å². The third-order valence-corrected chi connectivity index (χ3v) is 3.23. The number of hydrogen-bond donors (Lipinski definition) is 1. The molecule has 0 radical (unpaired) electrons. The second-order valence-electron chi connectivity index (χ2n) is 5.46. The van der Waals surface area contributed by atoms with Gasteiger partial charge in [0.25, 0.3) is 0 Å². The van der Waals surface area contributed by atoms with Crippen LogP contribution in [0.1, 0.15) is 36.3 Å². The zero-order valence-electron chi connectivity index (χ0n) is 12.7. The standard InChI is InChI=1S/C17H23NO2/c1-12(2)18-10-15-7-8-19-17(15)11-20-16-6-5-13(3)9-14(16)4/h5-9,12,18H,10-11H2,1-4H3. The Bertz CT molecular complexity index is 558. The van der Waals surface area contributed by atoms with Gasteiger partial charge in [0.05, 0.1) is 6.26 Å². The molecule has 0 aliphatic carbocycles. The smallest absolute Gasteiger partial charge is 0.146 e.